The Balaban J connectivity index is 1.92. The Labute approximate surface area is 131 Å². The molecule has 0 aromatic carbocycles. The highest BCUT2D eigenvalue weighted by atomic mass is 16.3. The molecule has 0 aromatic rings. The predicted molar refractivity (Wildman–Crippen MR) is 89.4 cm³/mol. The molecule has 0 amide bonds. The molecule has 3 heteroatoms. The fourth-order valence-corrected chi connectivity index (χ4v) is 4.36. The number of nitrogens with one attached hydrogen (secondary N) is 1. The lowest BCUT2D eigenvalue weighted by Gasteiger charge is -2.43. The second-order valence-electron chi connectivity index (χ2n) is 7.83. The summed E-state index contributed by atoms with van der Waals surface area (Å²) in [7, 11) is 0. The van der Waals surface area contributed by atoms with E-state index in [0.29, 0.717) is 12.0 Å². The van der Waals surface area contributed by atoms with Crippen LogP contribution in [-0.4, -0.2) is 48.3 Å². The molecular weight excluding hydrogens is 260 g/mol. The molecule has 124 valence electrons. The normalized spacial score (nSPS) is 38.9. The average Bonchev–Trinajstić information content (AvgIpc) is 2.45. The lowest BCUT2D eigenvalue weighted by molar-refractivity contribution is 0.0196. The van der Waals surface area contributed by atoms with Gasteiger partial charge in [0.2, 0.25) is 0 Å². The SMILES string of the molecule is CCNC1CCC(C(C)C)CC1CN1CCC(O)C(C)C1. The van der Waals surface area contributed by atoms with Crippen molar-refractivity contribution < 1.29 is 5.11 Å². The molecule has 5 unspecified atom stereocenters. The minimum Gasteiger partial charge on any atom is -0.393 e. The summed E-state index contributed by atoms with van der Waals surface area (Å²) < 4.78 is 0. The largest absolute Gasteiger partial charge is 0.393 e. The number of rotatable bonds is 5. The van der Waals surface area contributed by atoms with Crippen LogP contribution in [0.25, 0.3) is 0 Å². The molecule has 1 heterocycles. The number of aliphatic hydroxyl groups is 1. The van der Waals surface area contributed by atoms with E-state index in [1.165, 1.54) is 25.8 Å². The van der Waals surface area contributed by atoms with Crippen molar-refractivity contribution in [3.05, 3.63) is 0 Å². The molecule has 21 heavy (non-hydrogen) atoms. The molecule has 2 fully saturated rings. The maximum atomic E-state index is 9.91. The van der Waals surface area contributed by atoms with Crippen molar-refractivity contribution in [2.45, 2.75) is 65.5 Å². The number of likely N-dealkylation sites (tertiary alicyclic amines) is 1. The first kappa shape index (κ1) is 17.2. The van der Waals surface area contributed by atoms with E-state index in [9.17, 15) is 5.11 Å². The van der Waals surface area contributed by atoms with Gasteiger partial charge >= 0.3 is 0 Å². The van der Waals surface area contributed by atoms with Gasteiger partial charge in [0.15, 0.2) is 0 Å². The zero-order valence-corrected chi connectivity index (χ0v) is 14.5. The van der Waals surface area contributed by atoms with Crippen LogP contribution in [0.5, 0.6) is 0 Å². The lowest BCUT2D eigenvalue weighted by atomic mass is 9.73. The first-order chi connectivity index (χ1) is 10.0. The molecule has 0 spiro atoms. The minimum absolute atomic E-state index is 0.0828. The Bertz CT molecular complexity index is 308. The van der Waals surface area contributed by atoms with Gasteiger partial charge in [-0.25, -0.2) is 0 Å². The van der Waals surface area contributed by atoms with E-state index < -0.39 is 0 Å². The van der Waals surface area contributed by atoms with Gasteiger partial charge in [0, 0.05) is 25.7 Å². The fourth-order valence-electron chi connectivity index (χ4n) is 4.36. The van der Waals surface area contributed by atoms with Crippen molar-refractivity contribution in [2.75, 3.05) is 26.2 Å². The van der Waals surface area contributed by atoms with E-state index in [1.54, 1.807) is 0 Å². The minimum atomic E-state index is -0.0828. The van der Waals surface area contributed by atoms with Gasteiger partial charge in [-0.2, -0.15) is 0 Å². The van der Waals surface area contributed by atoms with Crippen LogP contribution in [0.1, 0.15) is 53.4 Å². The third-order valence-corrected chi connectivity index (χ3v) is 5.87. The quantitative estimate of drug-likeness (QED) is 0.819. The number of hydrogen-bond donors (Lipinski definition) is 2. The Hall–Kier alpha value is -0.120. The second-order valence-corrected chi connectivity index (χ2v) is 7.83. The highest BCUT2D eigenvalue weighted by Crippen LogP contribution is 2.35. The third-order valence-electron chi connectivity index (χ3n) is 5.87. The van der Waals surface area contributed by atoms with Crippen molar-refractivity contribution in [2.24, 2.45) is 23.7 Å². The van der Waals surface area contributed by atoms with Gasteiger partial charge in [-0.1, -0.05) is 27.7 Å². The van der Waals surface area contributed by atoms with Crippen LogP contribution in [0.15, 0.2) is 0 Å². The highest BCUT2D eigenvalue weighted by Gasteiger charge is 2.34. The van der Waals surface area contributed by atoms with Gasteiger partial charge in [-0.05, 0) is 55.9 Å². The first-order valence-corrected chi connectivity index (χ1v) is 9.15. The smallest absolute Gasteiger partial charge is 0.0590 e. The van der Waals surface area contributed by atoms with Crippen LogP contribution in [0.4, 0.5) is 0 Å². The van der Waals surface area contributed by atoms with Crippen molar-refractivity contribution in [1.82, 2.24) is 10.2 Å². The van der Waals surface area contributed by atoms with Crippen molar-refractivity contribution in [1.29, 1.82) is 0 Å². The molecule has 5 atom stereocenters. The van der Waals surface area contributed by atoms with Gasteiger partial charge in [0.1, 0.15) is 0 Å². The number of piperidine rings is 1. The molecule has 0 bridgehead atoms. The molecule has 2 rings (SSSR count). The third kappa shape index (κ3) is 4.67. The molecule has 0 aromatic heterocycles. The topological polar surface area (TPSA) is 35.5 Å². The van der Waals surface area contributed by atoms with Crippen LogP contribution >= 0.6 is 0 Å². The zero-order chi connectivity index (χ0) is 15.4. The maximum Gasteiger partial charge on any atom is 0.0590 e. The summed E-state index contributed by atoms with van der Waals surface area (Å²) in [4.78, 5) is 2.61. The summed E-state index contributed by atoms with van der Waals surface area (Å²) in [5, 5.41) is 13.6. The van der Waals surface area contributed by atoms with Crippen LogP contribution in [-0.2, 0) is 0 Å². The Kier molecular flexibility index (Phi) is 6.51. The van der Waals surface area contributed by atoms with Crippen molar-refractivity contribution >= 4 is 0 Å². The van der Waals surface area contributed by atoms with Gasteiger partial charge in [0.25, 0.3) is 0 Å². The number of hydrogen-bond acceptors (Lipinski definition) is 3. The van der Waals surface area contributed by atoms with Gasteiger partial charge < -0.3 is 15.3 Å². The van der Waals surface area contributed by atoms with Crippen LogP contribution in [0, 0.1) is 23.7 Å². The molecule has 1 aliphatic carbocycles. The van der Waals surface area contributed by atoms with Crippen LogP contribution < -0.4 is 5.32 Å². The Morgan fingerprint density at radius 1 is 1.24 bits per heavy atom. The van der Waals surface area contributed by atoms with E-state index in [4.69, 9.17) is 0 Å². The van der Waals surface area contributed by atoms with E-state index in [2.05, 4.69) is 37.9 Å². The molecular formula is C18H36N2O. The van der Waals surface area contributed by atoms with E-state index in [1.807, 2.05) is 0 Å². The zero-order valence-electron chi connectivity index (χ0n) is 14.5. The lowest BCUT2D eigenvalue weighted by Crippen LogP contribution is -2.50. The van der Waals surface area contributed by atoms with Gasteiger partial charge in [0.05, 0.1) is 6.10 Å². The molecule has 0 radical (unpaired) electrons. The van der Waals surface area contributed by atoms with E-state index >= 15 is 0 Å². The average molecular weight is 296 g/mol. The molecule has 2 aliphatic rings. The predicted octanol–water partition coefficient (Wildman–Crippen LogP) is 2.74. The summed E-state index contributed by atoms with van der Waals surface area (Å²) in [6.45, 7) is 13.6. The van der Waals surface area contributed by atoms with Gasteiger partial charge in [-0.3, -0.25) is 0 Å². The summed E-state index contributed by atoms with van der Waals surface area (Å²) in [6.07, 6.45) is 4.98. The van der Waals surface area contributed by atoms with Crippen LogP contribution in [0.2, 0.25) is 0 Å². The van der Waals surface area contributed by atoms with Crippen LogP contribution in [0.3, 0.4) is 0 Å². The standard InChI is InChI=1S/C18H36N2O/c1-5-19-17-7-6-15(13(2)3)10-16(17)12-20-9-8-18(21)14(4)11-20/h13-19,21H,5-12H2,1-4H3. The molecule has 3 nitrogen and oxygen atoms in total. The number of aliphatic hydroxyl groups excluding tert-OH is 1. The van der Waals surface area contributed by atoms with Crippen molar-refractivity contribution in [3.63, 3.8) is 0 Å². The summed E-state index contributed by atoms with van der Waals surface area (Å²) in [5.41, 5.74) is 0. The second kappa shape index (κ2) is 7.94. The summed E-state index contributed by atoms with van der Waals surface area (Å²) in [5.74, 6) is 2.93. The molecule has 1 saturated heterocycles. The summed E-state index contributed by atoms with van der Waals surface area (Å²) in [6, 6.07) is 0.701. The number of nitrogens with zero attached hydrogens (tertiary/aromatic N) is 1. The van der Waals surface area contributed by atoms with Crippen molar-refractivity contribution in [3.8, 4) is 0 Å². The molecule has 1 saturated carbocycles. The van der Waals surface area contributed by atoms with E-state index in [0.717, 1.165) is 43.8 Å². The molecule has 2 N–H and O–H groups in total. The maximum absolute atomic E-state index is 9.91. The fraction of sp³-hybridized carbons (Fsp3) is 1.00. The summed E-state index contributed by atoms with van der Waals surface area (Å²) >= 11 is 0. The highest BCUT2D eigenvalue weighted by molar-refractivity contribution is 4.89. The molecule has 1 aliphatic heterocycles. The Morgan fingerprint density at radius 3 is 2.62 bits per heavy atom. The van der Waals surface area contributed by atoms with Gasteiger partial charge in [-0.15, -0.1) is 0 Å². The Morgan fingerprint density at radius 2 is 2.00 bits per heavy atom. The first-order valence-electron chi connectivity index (χ1n) is 9.15. The monoisotopic (exact) mass is 296 g/mol. The van der Waals surface area contributed by atoms with E-state index in [-0.39, 0.29) is 6.10 Å².